The molecule has 0 aliphatic rings. The molecule has 0 spiro atoms. The van der Waals surface area contributed by atoms with Crippen molar-refractivity contribution >= 4 is 22.9 Å². The van der Waals surface area contributed by atoms with E-state index in [1.807, 2.05) is 13.8 Å². The van der Waals surface area contributed by atoms with E-state index in [4.69, 9.17) is 11.6 Å². The SMILES string of the molecule is Cc1nc(Cl)c(C)s1. The van der Waals surface area contributed by atoms with Gasteiger partial charge in [-0.15, -0.1) is 11.3 Å². The Balaban J connectivity index is 3.14. The Morgan fingerprint density at radius 2 is 2.12 bits per heavy atom. The first-order chi connectivity index (χ1) is 3.70. The molecule has 1 heterocycles. The number of hydrogen-bond donors (Lipinski definition) is 0. The van der Waals surface area contributed by atoms with E-state index < -0.39 is 0 Å². The van der Waals surface area contributed by atoms with Crippen molar-refractivity contribution in [1.82, 2.24) is 4.98 Å². The van der Waals surface area contributed by atoms with Crippen LogP contribution in [0.1, 0.15) is 9.88 Å². The van der Waals surface area contributed by atoms with Gasteiger partial charge in [-0.2, -0.15) is 0 Å². The number of hydrogen-bond acceptors (Lipinski definition) is 2. The quantitative estimate of drug-likeness (QED) is 0.549. The van der Waals surface area contributed by atoms with E-state index in [0.717, 1.165) is 9.88 Å². The van der Waals surface area contributed by atoms with Crippen LogP contribution in [-0.2, 0) is 0 Å². The normalized spacial score (nSPS) is 9.88. The summed E-state index contributed by atoms with van der Waals surface area (Å²) in [6.07, 6.45) is 0. The molecule has 0 aliphatic carbocycles. The Morgan fingerprint density at radius 3 is 2.25 bits per heavy atom. The molecule has 0 bridgehead atoms. The Labute approximate surface area is 57.3 Å². The first-order valence-corrected chi connectivity index (χ1v) is 3.49. The van der Waals surface area contributed by atoms with Crippen molar-refractivity contribution in [2.24, 2.45) is 0 Å². The van der Waals surface area contributed by atoms with Crippen LogP contribution in [0.5, 0.6) is 0 Å². The lowest BCUT2D eigenvalue weighted by Gasteiger charge is -1.74. The van der Waals surface area contributed by atoms with E-state index in [2.05, 4.69) is 4.98 Å². The van der Waals surface area contributed by atoms with E-state index >= 15 is 0 Å². The topological polar surface area (TPSA) is 12.9 Å². The number of thiazole rings is 1. The van der Waals surface area contributed by atoms with Gasteiger partial charge in [0.2, 0.25) is 0 Å². The third kappa shape index (κ3) is 1.01. The number of rotatable bonds is 0. The highest BCUT2D eigenvalue weighted by Gasteiger charge is 1.98. The minimum absolute atomic E-state index is 0.646. The van der Waals surface area contributed by atoms with Crippen LogP contribution in [0.15, 0.2) is 0 Å². The fourth-order valence-corrected chi connectivity index (χ4v) is 1.51. The molecule has 0 aliphatic heterocycles. The molecule has 3 heteroatoms. The van der Waals surface area contributed by atoms with Crippen molar-refractivity contribution in [2.75, 3.05) is 0 Å². The minimum Gasteiger partial charge on any atom is -0.230 e. The number of aryl methyl sites for hydroxylation is 2. The molecule has 0 fully saturated rings. The van der Waals surface area contributed by atoms with Crippen LogP contribution < -0.4 is 0 Å². The summed E-state index contributed by atoms with van der Waals surface area (Å²) in [4.78, 5) is 5.10. The van der Waals surface area contributed by atoms with Crippen molar-refractivity contribution in [3.8, 4) is 0 Å². The summed E-state index contributed by atoms with van der Waals surface area (Å²) >= 11 is 7.25. The maximum Gasteiger partial charge on any atom is 0.143 e. The van der Waals surface area contributed by atoms with Gasteiger partial charge >= 0.3 is 0 Å². The molecule has 0 radical (unpaired) electrons. The van der Waals surface area contributed by atoms with Gasteiger partial charge in [-0.25, -0.2) is 4.98 Å². The highest BCUT2D eigenvalue weighted by molar-refractivity contribution is 7.12. The van der Waals surface area contributed by atoms with Crippen molar-refractivity contribution in [3.05, 3.63) is 15.0 Å². The molecule has 1 nitrogen and oxygen atoms in total. The highest BCUT2D eigenvalue weighted by atomic mass is 35.5. The molecule has 0 aromatic carbocycles. The van der Waals surface area contributed by atoms with Crippen LogP contribution >= 0.6 is 22.9 Å². The molecule has 1 aromatic rings. The largest absolute Gasteiger partial charge is 0.230 e. The van der Waals surface area contributed by atoms with Crippen LogP contribution in [0.25, 0.3) is 0 Å². The molecule has 8 heavy (non-hydrogen) atoms. The molecule has 1 aromatic heterocycles. The predicted molar refractivity (Wildman–Crippen MR) is 36.6 cm³/mol. The molecule has 0 unspecified atom stereocenters. The third-order valence-corrected chi connectivity index (χ3v) is 2.21. The van der Waals surface area contributed by atoms with Crippen molar-refractivity contribution in [2.45, 2.75) is 13.8 Å². The number of halogens is 1. The van der Waals surface area contributed by atoms with E-state index in [0.29, 0.717) is 5.15 Å². The number of aromatic nitrogens is 1. The van der Waals surface area contributed by atoms with E-state index in [1.165, 1.54) is 0 Å². The van der Waals surface area contributed by atoms with E-state index in [1.54, 1.807) is 11.3 Å². The van der Waals surface area contributed by atoms with Gasteiger partial charge in [0, 0.05) is 4.88 Å². The molecule has 1 rings (SSSR count). The Hall–Kier alpha value is -0.0800. The summed E-state index contributed by atoms with van der Waals surface area (Å²) in [6, 6.07) is 0. The van der Waals surface area contributed by atoms with Gasteiger partial charge in [-0.3, -0.25) is 0 Å². The maximum atomic E-state index is 5.63. The standard InChI is InChI=1S/C5H6ClNS/c1-3-5(6)7-4(2)8-3/h1-2H3. The lowest BCUT2D eigenvalue weighted by Crippen LogP contribution is -1.63. The highest BCUT2D eigenvalue weighted by Crippen LogP contribution is 2.19. The molecular weight excluding hydrogens is 142 g/mol. The predicted octanol–water partition coefficient (Wildman–Crippen LogP) is 2.41. The summed E-state index contributed by atoms with van der Waals surface area (Å²) in [7, 11) is 0. The zero-order valence-corrected chi connectivity index (χ0v) is 6.31. The smallest absolute Gasteiger partial charge is 0.143 e. The van der Waals surface area contributed by atoms with Crippen LogP contribution in [0.2, 0.25) is 5.15 Å². The first-order valence-electron chi connectivity index (χ1n) is 2.29. The van der Waals surface area contributed by atoms with Crippen LogP contribution in [-0.4, -0.2) is 4.98 Å². The van der Waals surface area contributed by atoms with Crippen molar-refractivity contribution in [1.29, 1.82) is 0 Å². The molecule has 0 saturated heterocycles. The van der Waals surface area contributed by atoms with E-state index in [-0.39, 0.29) is 0 Å². The summed E-state index contributed by atoms with van der Waals surface area (Å²) in [5.74, 6) is 0. The molecule has 0 saturated carbocycles. The van der Waals surface area contributed by atoms with E-state index in [9.17, 15) is 0 Å². The Bertz CT molecular complexity index is 175. The summed E-state index contributed by atoms with van der Waals surface area (Å²) < 4.78 is 0. The average Bonchev–Trinajstić information content (AvgIpc) is 1.85. The zero-order valence-electron chi connectivity index (χ0n) is 4.73. The average molecular weight is 148 g/mol. The maximum absolute atomic E-state index is 5.63. The fraction of sp³-hybridized carbons (Fsp3) is 0.400. The second-order valence-electron chi connectivity index (χ2n) is 1.58. The summed E-state index contributed by atoms with van der Waals surface area (Å²) in [5, 5.41) is 1.68. The van der Waals surface area contributed by atoms with Crippen molar-refractivity contribution in [3.63, 3.8) is 0 Å². The molecule has 0 atom stereocenters. The second-order valence-corrected chi connectivity index (χ2v) is 3.35. The van der Waals surface area contributed by atoms with Crippen LogP contribution in [0.3, 0.4) is 0 Å². The van der Waals surface area contributed by atoms with Gasteiger partial charge in [0.15, 0.2) is 0 Å². The molecular formula is C5H6ClNS. The minimum atomic E-state index is 0.646. The van der Waals surface area contributed by atoms with Crippen LogP contribution in [0, 0.1) is 13.8 Å². The Morgan fingerprint density at radius 1 is 1.50 bits per heavy atom. The zero-order chi connectivity index (χ0) is 6.15. The summed E-state index contributed by atoms with van der Waals surface area (Å²) in [5.41, 5.74) is 0. The van der Waals surface area contributed by atoms with Gasteiger partial charge in [0.25, 0.3) is 0 Å². The fourth-order valence-electron chi connectivity index (χ4n) is 0.503. The van der Waals surface area contributed by atoms with Gasteiger partial charge in [0.1, 0.15) is 5.15 Å². The monoisotopic (exact) mass is 147 g/mol. The lowest BCUT2D eigenvalue weighted by atomic mass is 10.6. The molecule has 0 N–H and O–H groups in total. The Kier molecular flexibility index (Phi) is 1.54. The first kappa shape index (κ1) is 6.05. The second kappa shape index (κ2) is 2.03. The molecule has 44 valence electrons. The van der Waals surface area contributed by atoms with Gasteiger partial charge < -0.3 is 0 Å². The lowest BCUT2D eigenvalue weighted by molar-refractivity contribution is 1.28. The summed E-state index contributed by atoms with van der Waals surface area (Å²) in [6.45, 7) is 3.91. The van der Waals surface area contributed by atoms with Crippen molar-refractivity contribution < 1.29 is 0 Å². The van der Waals surface area contributed by atoms with Gasteiger partial charge in [-0.1, -0.05) is 11.6 Å². The van der Waals surface area contributed by atoms with Gasteiger partial charge in [0.05, 0.1) is 5.01 Å². The van der Waals surface area contributed by atoms with Gasteiger partial charge in [-0.05, 0) is 13.8 Å². The third-order valence-electron chi connectivity index (χ3n) is 0.847. The molecule has 0 amide bonds. The number of nitrogens with zero attached hydrogens (tertiary/aromatic N) is 1. The van der Waals surface area contributed by atoms with Crippen LogP contribution in [0.4, 0.5) is 0 Å².